The third kappa shape index (κ3) is 2.26. The molecule has 1 rings (SSSR count). The van der Waals surface area contributed by atoms with Crippen LogP contribution < -0.4 is 5.46 Å². The number of esters is 1. The smallest absolute Gasteiger partial charge is 0.465 e. The topological polar surface area (TPSA) is 66.8 Å². The van der Waals surface area contributed by atoms with Gasteiger partial charge in [0, 0.05) is 5.02 Å². The van der Waals surface area contributed by atoms with E-state index in [1.165, 1.54) is 25.3 Å². The molecule has 4 nitrogen and oxygen atoms in total. The summed E-state index contributed by atoms with van der Waals surface area (Å²) in [6.07, 6.45) is 0. The van der Waals surface area contributed by atoms with Crippen molar-refractivity contribution >= 4 is 30.2 Å². The number of carbonyl (C=O) groups excluding carboxylic acids is 1. The van der Waals surface area contributed by atoms with Crippen LogP contribution in [-0.2, 0) is 4.74 Å². The van der Waals surface area contributed by atoms with E-state index in [2.05, 4.69) is 4.74 Å². The van der Waals surface area contributed by atoms with Crippen LogP contribution in [0.4, 0.5) is 0 Å². The molecule has 0 spiro atoms. The number of benzene rings is 1. The molecule has 1 aromatic rings. The second-order valence-electron chi connectivity index (χ2n) is 2.60. The summed E-state index contributed by atoms with van der Waals surface area (Å²) in [6, 6.07) is 4.15. The van der Waals surface area contributed by atoms with Crippen molar-refractivity contribution in [2.75, 3.05) is 7.11 Å². The monoisotopic (exact) mass is 214 g/mol. The van der Waals surface area contributed by atoms with Crippen LogP contribution in [0.3, 0.4) is 0 Å². The summed E-state index contributed by atoms with van der Waals surface area (Å²) in [5.41, 5.74) is 0.122. The molecule has 74 valence electrons. The van der Waals surface area contributed by atoms with E-state index in [0.717, 1.165) is 0 Å². The minimum absolute atomic E-state index is 0.0318. The van der Waals surface area contributed by atoms with Gasteiger partial charge in [-0.2, -0.15) is 0 Å². The Balaban J connectivity index is 3.21. The molecule has 0 aliphatic heterocycles. The summed E-state index contributed by atoms with van der Waals surface area (Å²) in [4.78, 5) is 11.2. The zero-order chi connectivity index (χ0) is 10.7. The first-order valence-electron chi connectivity index (χ1n) is 3.80. The molecule has 0 saturated carbocycles. The Morgan fingerprint density at radius 2 is 2.14 bits per heavy atom. The summed E-state index contributed by atoms with van der Waals surface area (Å²) < 4.78 is 4.46. The maximum absolute atomic E-state index is 11.2. The van der Waals surface area contributed by atoms with E-state index < -0.39 is 13.1 Å². The molecule has 0 saturated heterocycles. The van der Waals surface area contributed by atoms with Gasteiger partial charge in [-0.3, -0.25) is 0 Å². The fraction of sp³-hybridized carbons (Fsp3) is 0.125. The minimum Gasteiger partial charge on any atom is -0.465 e. The van der Waals surface area contributed by atoms with Gasteiger partial charge in [0.25, 0.3) is 0 Å². The maximum atomic E-state index is 11.2. The summed E-state index contributed by atoms with van der Waals surface area (Å²) in [5, 5.41) is 18.2. The molecule has 6 heteroatoms. The number of rotatable bonds is 2. The molecule has 0 radical (unpaired) electrons. The first kappa shape index (κ1) is 11.0. The molecule has 0 heterocycles. The number of hydrogen-bond donors (Lipinski definition) is 2. The van der Waals surface area contributed by atoms with Gasteiger partial charge < -0.3 is 14.8 Å². The van der Waals surface area contributed by atoms with E-state index >= 15 is 0 Å². The highest BCUT2D eigenvalue weighted by atomic mass is 35.5. The molecule has 0 fully saturated rings. The molecular weight excluding hydrogens is 206 g/mol. The number of methoxy groups -OCH3 is 1. The lowest BCUT2D eigenvalue weighted by Gasteiger charge is -2.06. The Labute approximate surface area is 86.2 Å². The number of halogens is 1. The highest BCUT2D eigenvalue weighted by Gasteiger charge is 2.21. The van der Waals surface area contributed by atoms with E-state index in [1.807, 2.05) is 0 Å². The second-order valence-corrected chi connectivity index (χ2v) is 3.03. The summed E-state index contributed by atoms with van der Waals surface area (Å²) in [6.45, 7) is 0. The zero-order valence-corrected chi connectivity index (χ0v) is 8.15. The largest absolute Gasteiger partial charge is 0.489 e. The minimum atomic E-state index is -1.75. The Kier molecular flexibility index (Phi) is 3.52. The lowest BCUT2D eigenvalue weighted by Crippen LogP contribution is -2.35. The van der Waals surface area contributed by atoms with Gasteiger partial charge in [0.1, 0.15) is 0 Å². The van der Waals surface area contributed by atoms with Crippen molar-refractivity contribution in [2.45, 2.75) is 0 Å². The van der Waals surface area contributed by atoms with Crippen LogP contribution in [0.1, 0.15) is 10.4 Å². The third-order valence-corrected chi connectivity index (χ3v) is 1.93. The van der Waals surface area contributed by atoms with Gasteiger partial charge in [-0.1, -0.05) is 11.6 Å². The highest BCUT2D eigenvalue weighted by Crippen LogP contribution is 2.09. The Morgan fingerprint density at radius 1 is 1.50 bits per heavy atom. The average molecular weight is 214 g/mol. The van der Waals surface area contributed by atoms with Crippen LogP contribution in [0.25, 0.3) is 0 Å². The van der Waals surface area contributed by atoms with E-state index in [9.17, 15) is 4.79 Å². The van der Waals surface area contributed by atoms with Crippen LogP contribution in [0.15, 0.2) is 18.2 Å². The Hall–Kier alpha value is -1.04. The molecular formula is C8H8BClO4. The van der Waals surface area contributed by atoms with Crippen molar-refractivity contribution in [3.8, 4) is 0 Å². The second kappa shape index (κ2) is 4.46. The SMILES string of the molecule is COC(=O)c1ccc(Cl)cc1B(O)O. The molecule has 0 amide bonds. The molecule has 0 bridgehead atoms. The van der Waals surface area contributed by atoms with Crippen molar-refractivity contribution in [2.24, 2.45) is 0 Å². The third-order valence-electron chi connectivity index (χ3n) is 1.70. The van der Waals surface area contributed by atoms with Gasteiger partial charge in [-0.15, -0.1) is 0 Å². The highest BCUT2D eigenvalue weighted by molar-refractivity contribution is 6.60. The fourth-order valence-corrected chi connectivity index (χ4v) is 1.22. The number of hydrogen-bond acceptors (Lipinski definition) is 4. The maximum Gasteiger partial charge on any atom is 0.489 e. The van der Waals surface area contributed by atoms with Crippen molar-refractivity contribution < 1.29 is 19.6 Å². The average Bonchev–Trinajstić information content (AvgIpc) is 2.16. The lowest BCUT2D eigenvalue weighted by atomic mass is 9.77. The molecule has 2 N–H and O–H groups in total. The van der Waals surface area contributed by atoms with Crippen LogP contribution in [0.5, 0.6) is 0 Å². The van der Waals surface area contributed by atoms with Gasteiger partial charge in [-0.05, 0) is 23.7 Å². The first-order valence-corrected chi connectivity index (χ1v) is 4.18. The lowest BCUT2D eigenvalue weighted by molar-refractivity contribution is 0.0601. The van der Waals surface area contributed by atoms with Gasteiger partial charge in [0.15, 0.2) is 0 Å². The van der Waals surface area contributed by atoms with Crippen molar-refractivity contribution in [1.29, 1.82) is 0 Å². The van der Waals surface area contributed by atoms with Crippen LogP contribution in [0, 0.1) is 0 Å². The van der Waals surface area contributed by atoms with Crippen LogP contribution >= 0.6 is 11.6 Å². The molecule has 0 aromatic heterocycles. The fourth-order valence-electron chi connectivity index (χ4n) is 1.04. The van der Waals surface area contributed by atoms with Gasteiger partial charge in [-0.25, -0.2) is 4.79 Å². The first-order chi connectivity index (χ1) is 6.56. The number of ether oxygens (including phenoxy) is 1. The standard InChI is InChI=1S/C8H8BClO4/c1-14-8(11)6-3-2-5(10)4-7(6)9(12)13/h2-4,12-13H,1H3. The number of carbonyl (C=O) groups is 1. The molecule has 1 aromatic carbocycles. The summed E-state index contributed by atoms with van der Waals surface area (Å²) in [5.74, 6) is -0.634. The van der Waals surface area contributed by atoms with E-state index in [4.69, 9.17) is 21.6 Å². The molecule has 14 heavy (non-hydrogen) atoms. The van der Waals surface area contributed by atoms with Crippen LogP contribution in [0.2, 0.25) is 5.02 Å². The molecule has 0 atom stereocenters. The predicted molar refractivity (Wildman–Crippen MR) is 52.6 cm³/mol. The summed E-state index contributed by atoms with van der Waals surface area (Å²) >= 11 is 5.63. The van der Waals surface area contributed by atoms with Gasteiger partial charge >= 0.3 is 13.1 Å². The summed E-state index contributed by atoms with van der Waals surface area (Å²) in [7, 11) is -0.535. The van der Waals surface area contributed by atoms with E-state index in [-0.39, 0.29) is 11.0 Å². The van der Waals surface area contributed by atoms with Gasteiger partial charge in [0.05, 0.1) is 12.7 Å². The van der Waals surface area contributed by atoms with Crippen molar-refractivity contribution in [3.63, 3.8) is 0 Å². The van der Waals surface area contributed by atoms with Gasteiger partial charge in [0.2, 0.25) is 0 Å². The zero-order valence-electron chi connectivity index (χ0n) is 7.40. The molecule has 0 unspecified atom stereocenters. The quantitative estimate of drug-likeness (QED) is 0.529. The Bertz CT molecular complexity index is 353. The van der Waals surface area contributed by atoms with Crippen molar-refractivity contribution in [1.82, 2.24) is 0 Å². The van der Waals surface area contributed by atoms with E-state index in [1.54, 1.807) is 0 Å². The predicted octanol–water partition coefficient (Wildman–Crippen LogP) is -0.194. The molecule has 0 aliphatic rings. The Morgan fingerprint density at radius 3 is 2.64 bits per heavy atom. The van der Waals surface area contributed by atoms with Crippen LogP contribution in [-0.4, -0.2) is 30.2 Å². The van der Waals surface area contributed by atoms with E-state index in [0.29, 0.717) is 5.02 Å². The van der Waals surface area contributed by atoms with Crippen molar-refractivity contribution in [3.05, 3.63) is 28.8 Å². The normalized spacial score (nSPS) is 9.71. The molecule has 0 aliphatic carbocycles.